The van der Waals surface area contributed by atoms with Crippen LogP contribution in [0.1, 0.15) is 26.2 Å². The molecule has 4 N–H and O–H groups in total. The average Bonchev–Trinajstić information content (AvgIpc) is 2.17. The van der Waals surface area contributed by atoms with Crippen LogP contribution < -0.4 is 11.5 Å². The van der Waals surface area contributed by atoms with Crippen LogP contribution in [0.5, 0.6) is 0 Å². The van der Waals surface area contributed by atoms with Gasteiger partial charge in [-0.25, -0.2) is 0 Å². The molecule has 1 atom stereocenters. The van der Waals surface area contributed by atoms with Gasteiger partial charge in [-0.2, -0.15) is 0 Å². The highest BCUT2D eigenvalue weighted by atomic mass is 16.2. The second kappa shape index (κ2) is 5.11. The molecule has 5 heteroatoms. The van der Waals surface area contributed by atoms with Crippen LogP contribution >= 0.6 is 0 Å². The lowest BCUT2D eigenvalue weighted by atomic mass is 9.93. The number of hydrogen-bond donors (Lipinski definition) is 2. The fraction of sp³-hybridized carbons (Fsp3) is 0.800. The van der Waals surface area contributed by atoms with Crippen LogP contribution in [-0.2, 0) is 9.59 Å². The third-order valence-corrected chi connectivity index (χ3v) is 2.81. The van der Waals surface area contributed by atoms with Gasteiger partial charge in [-0.15, -0.1) is 0 Å². The highest BCUT2D eigenvalue weighted by Gasteiger charge is 2.24. The van der Waals surface area contributed by atoms with Crippen LogP contribution in [0, 0.1) is 5.92 Å². The van der Waals surface area contributed by atoms with E-state index in [0.29, 0.717) is 25.4 Å². The van der Waals surface area contributed by atoms with E-state index in [1.807, 2.05) is 0 Å². The summed E-state index contributed by atoms with van der Waals surface area (Å²) in [4.78, 5) is 24.0. The van der Waals surface area contributed by atoms with Gasteiger partial charge in [-0.05, 0) is 25.7 Å². The molecule has 1 aliphatic rings. The smallest absolute Gasteiger partial charge is 0.239 e. The maximum Gasteiger partial charge on any atom is 0.239 e. The number of nitrogens with zero attached hydrogens (tertiary/aromatic N) is 1. The van der Waals surface area contributed by atoms with Gasteiger partial charge in [0.05, 0.1) is 6.04 Å². The van der Waals surface area contributed by atoms with E-state index >= 15 is 0 Å². The van der Waals surface area contributed by atoms with Crippen molar-refractivity contribution in [3.63, 3.8) is 0 Å². The molecule has 1 fully saturated rings. The summed E-state index contributed by atoms with van der Waals surface area (Å²) in [5.74, 6) is 0.0686. The molecule has 86 valence electrons. The van der Waals surface area contributed by atoms with E-state index in [4.69, 9.17) is 11.5 Å². The maximum absolute atomic E-state index is 11.5. The summed E-state index contributed by atoms with van der Waals surface area (Å²) in [5, 5.41) is 0. The molecule has 2 amide bonds. The molecule has 15 heavy (non-hydrogen) atoms. The molecular weight excluding hydrogens is 194 g/mol. The number of carbonyl (C=O) groups is 2. The van der Waals surface area contributed by atoms with E-state index in [2.05, 4.69) is 0 Å². The second-order valence-corrected chi connectivity index (χ2v) is 4.23. The van der Waals surface area contributed by atoms with Gasteiger partial charge in [-0.1, -0.05) is 0 Å². The van der Waals surface area contributed by atoms with Crippen molar-refractivity contribution in [3.8, 4) is 0 Å². The van der Waals surface area contributed by atoms with Crippen molar-refractivity contribution in [3.05, 3.63) is 0 Å². The lowest BCUT2D eigenvalue weighted by Crippen LogP contribution is -2.46. The van der Waals surface area contributed by atoms with Crippen molar-refractivity contribution in [2.75, 3.05) is 13.1 Å². The predicted molar refractivity (Wildman–Crippen MR) is 56.8 cm³/mol. The zero-order valence-corrected chi connectivity index (χ0v) is 9.11. The number of likely N-dealkylation sites (tertiary alicyclic amines) is 1. The lowest BCUT2D eigenvalue weighted by molar-refractivity contribution is -0.133. The van der Waals surface area contributed by atoms with Crippen molar-refractivity contribution in [1.29, 1.82) is 0 Å². The first-order valence-corrected chi connectivity index (χ1v) is 5.33. The minimum Gasteiger partial charge on any atom is -0.370 e. The minimum absolute atomic E-state index is 0.00692. The van der Waals surface area contributed by atoms with E-state index in [-0.39, 0.29) is 11.8 Å². The molecule has 1 rings (SSSR count). The van der Waals surface area contributed by atoms with Gasteiger partial charge >= 0.3 is 0 Å². The number of carbonyl (C=O) groups excluding carboxylic acids is 2. The summed E-state index contributed by atoms with van der Waals surface area (Å²) in [7, 11) is 0. The zero-order chi connectivity index (χ0) is 11.4. The average molecular weight is 213 g/mol. The highest BCUT2D eigenvalue weighted by molar-refractivity contribution is 5.81. The van der Waals surface area contributed by atoms with Crippen molar-refractivity contribution in [1.82, 2.24) is 4.90 Å². The molecular formula is C10H19N3O2. The third kappa shape index (κ3) is 3.51. The molecule has 5 nitrogen and oxygen atoms in total. The van der Waals surface area contributed by atoms with Gasteiger partial charge in [0.2, 0.25) is 11.8 Å². The molecule has 0 saturated carbocycles. The first-order valence-electron chi connectivity index (χ1n) is 5.33. The zero-order valence-electron chi connectivity index (χ0n) is 9.11. The number of nitrogens with two attached hydrogens (primary N) is 2. The van der Waals surface area contributed by atoms with Gasteiger partial charge in [-0.3, -0.25) is 9.59 Å². The van der Waals surface area contributed by atoms with Gasteiger partial charge < -0.3 is 16.4 Å². The Morgan fingerprint density at radius 3 is 2.33 bits per heavy atom. The molecule has 1 heterocycles. The summed E-state index contributed by atoms with van der Waals surface area (Å²) < 4.78 is 0. The largest absolute Gasteiger partial charge is 0.370 e. The minimum atomic E-state index is -0.433. The van der Waals surface area contributed by atoms with E-state index in [1.54, 1.807) is 11.8 Å². The first kappa shape index (κ1) is 12.0. The normalized spacial score (nSPS) is 20.0. The monoisotopic (exact) mass is 213 g/mol. The molecule has 0 aromatic carbocycles. The molecule has 0 aromatic heterocycles. The van der Waals surface area contributed by atoms with Gasteiger partial charge in [0, 0.05) is 19.5 Å². The Morgan fingerprint density at radius 2 is 1.93 bits per heavy atom. The summed E-state index contributed by atoms with van der Waals surface area (Å²) in [5.41, 5.74) is 10.6. The van der Waals surface area contributed by atoms with Crippen LogP contribution in [0.4, 0.5) is 0 Å². The van der Waals surface area contributed by atoms with E-state index in [0.717, 1.165) is 12.8 Å². The van der Waals surface area contributed by atoms with Crippen LogP contribution in [0.25, 0.3) is 0 Å². The Morgan fingerprint density at radius 1 is 1.40 bits per heavy atom. The quantitative estimate of drug-likeness (QED) is 0.659. The summed E-state index contributed by atoms with van der Waals surface area (Å²) in [6.07, 6.45) is 2.13. The first-order chi connectivity index (χ1) is 7.00. The third-order valence-electron chi connectivity index (χ3n) is 2.81. The van der Waals surface area contributed by atoms with Crippen LogP contribution in [0.3, 0.4) is 0 Å². The molecule has 0 radical (unpaired) electrons. The van der Waals surface area contributed by atoms with Crippen molar-refractivity contribution >= 4 is 11.8 Å². The molecule has 0 spiro atoms. The Labute approximate surface area is 89.8 Å². The van der Waals surface area contributed by atoms with Gasteiger partial charge in [0.15, 0.2) is 0 Å². The number of amides is 2. The summed E-state index contributed by atoms with van der Waals surface area (Å²) in [6.45, 7) is 3.08. The maximum atomic E-state index is 11.5. The van der Waals surface area contributed by atoms with E-state index < -0.39 is 6.04 Å². The predicted octanol–water partition coefficient (Wildman–Crippen LogP) is -0.552. The summed E-state index contributed by atoms with van der Waals surface area (Å²) in [6, 6.07) is -0.433. The molecule has 0 bridgehead atoms. The van der Waals surface area contributed by atoms with Crippen molar-refractivity contribution < 1.29 is 9.59 Å². The number of hydrogen-bond acceptors (Lipinski definition) is 3. The van der Waals surface area contributed by atoms with Crippen LogP contribution in [0.2, 0.25) is 0 Å². The fourth-order valence-electron chi connectivity index (χ4n) is 1.93. The Balaban J connectivity index is 2.35. The van der Waals surface area contributed by atoms with Gasteiger partial charge in [0.1, 0.15) is 0 Å². The second-order valence-electron chi connectivity index (χ2n) is 4.23. The summed E-state index contributed by atoms with van der Waals surface area (Å²) >= 11 is 0. The Kier molecular flexibility index (Phi) is 4.08. The molecule has 1 saturated heterocycles. The van der Waals surface area contributed by atoms with Gasteiger partial charge in [0.25, 0.3) is 0 Å². The topological polar surface area (TPSA) is 89.4 Å². The number of primary amides is 1. The Bertz CT molecular complexity index is 245. The SMILES string of the molecule is C[C@@H](N)C(=O)N1CCC(CC(N)=O)CC1. The highest BCUT2D eigenvalue weighted by Crippen LogP contribution is 2.20. The van der Waals surface area contributed by atoms with Crippen molar-refractivity contribution in [2.24, 2.45) is 17.4 Å². The van der Waals surface area contributed by atoms with Crippen LogP contribution in [0.15, 0.2) is 0 Å². The van der Waals surface area contributed by atoms with Crippen LogP contribution in [-0.4, -0.2) is 35.8 Å². The molecule has 0 aromatic rings. The Hall–Kier alpha value is -1.10. The standard InChI is InChI=1S/C10H19N3O2/c1-7(11)10(15)13-4-2-8(3-5-13)6-9(12)14/h7-8H,2-6,11H2,1H3,(H2,12,14)/t7-/m1/s1. The molecule has 0 aliphatic carbocycles. The van der Waals surface area contributed by atoms with E-state index in [1.165, 1.54) is 0 Å². The number of piperidine rings is 1. The fourth-order valence-corrected chi connectivity index (χ4v) is 1.93. The lowest BCUT2D eigenvalue weighted by Gasteiger charge is -2.32. The molecule has 1 aliphatic heterocycles. The molecule has 0 unspecified atom stereocenters. The van der Waals surface area contributed by atoms with E-state index in [9.17, 15) is 9.59 Å². The number of rotatable bonds is 3. The van der Waals surface area contributed by atoms with Crippen molar-refractivity contribution in [2.45, 2.75) is 32.2 Å².